The van der Waals surface area contributed by atoms with Gasteiger partial charge in [0.2, 0.25) is 5.91 Å². The van der Waals surface area contributed by atoms with Gasteiger partial charge in [-0.1, -0.05) is 30.3 Å². The van der Waals surface area contributed by atoms with Gasteiger partial charge < -0.3 is 11.1 Å². The molecule has 0 aliphatic rings. The number of nitrogens with two attached hydrogens (primary N) is 1. The van der Waals surface area contributed by atoms with E-state index in [4.69, 9.17) is 5.73 Å². The van der Waals surface area contributed by atoms with Gasteiger partial charge in [-0.25, -0.2) is 0 Å². The molecule has 0 atom stereocenters. The van der Waals surface area contributed by atoms with Gasteiger partial charge in [0.25, 0.3) is 0 Å². The standard InChI is InChI=1S/C12H17N3O/c1-9(2)15-11(16)8-14-12(13)10-6-4-3-5-7-10/h3-7,9H,8H2,1-2H3,(H2,13,14)(H,15,16). The lowest BCUT2D eigenvalue weighted by Gasteiger charge is -2.06. The number of aliphatic imine (C=N–C) groups is 1. The lowest BCUT2D eigenvalue weighted by Crippen LogP contribution is -2.32. The molecule has 0 aliphatic heterocycles. The molecule has 0 unspecified atom stereocenters. The van der Waals surface area contributed by atoms with E-state index in [1.807, 2.05) is 44.2 Å². The number of amides is 1. The first-order chi connectivity index (χ1) is 7.59. The number of benzene rings is 1. The van der Waals surface area contributed by atoms with Gasteiger partial charge in [-0.3, -0.25) is 9.79 Å². The molecule has 0 aromatic heterocycles. The summed E-state index contributed by atoms with van der Waals surface area (Å²) in [5.74, 6) is 0.272. The van der Waals surface area contributed by atoms with Gasteiger partial charge in [0, 0.05) is 11.6 Å². The van der Waals surface area contributed by atoms with Crippen LogP contribution >= 0.6 is 0 Å². The Kier molecular flexibility index (Phi) is 4.51. The van der Waals surface area contributed by atoms with Crippen LogP contribution in [0.2, 0.25) is 0 Å². The molecule has 16 heavy (non-hydrogen) atoms. The number of amidine groups is 1. The zero-order chi connectivity index (χ0) is 12.0. The van der Waals surface area contributed by atoms with Crippen LogP contribution in [0.25, 0.3) is 0 Å². The lowest BCUT2D eigenvalue weighted by atomic mass is 10.2. The van der Waals surface area contributed by atoms with Crippen LogP contribution in [0.3, 0.4) is 0 Å². The third-order valence-corrected chi connectivity index (χ3v) is 1.91. The maximum Gasteiger partial charge on any atom is 0.241 e. The quantitative estimate of drug-likeness (QED) is 0.584. The third-order valence-electron chi connectivity index (χ3n) is 1.91. The highest BCUT2D eigenvalue weighted by atomic mass is 16.1. The zero-order valence-corrected chi connectivity index (χ0v) is 9.60. The van der Waals surface area contributed by atoms with Crippen LogP contribution in [0.4, 0.5) is 0 Å². The van der Waals surface area contributed by atoms with Crippen molar-refractivity contribution in [1.82, 2.24) is 5.32 Å². The molecule has 0 bridgehead atoms. The molecule has 1 rings (SSSR count). The minimum Gasteiger partial charge on any atom is -0.383 e. The summed E-state index contributed by atoms with van der Waals surface area (Å²) in [6, 6.07) is 9.51. The number of carbonyl (C=O) groups excluding carboxylic acids is 1. The maximum absolute atomic E-state index is 11.3. The van der Waals surface area contributed by atoms with E-state index in [-0.39, 0.29) is 18.5 Å². The van der Waals surface area contributed by atoms with E-state index in [1.54, 1.807) is 0 Å². The molecule has 0 fully saturated rings. The Labute approximate surface area is 95.6 Å². The van der Waals surface area contributed by atoms with Crippen LogP contribution in [-0.2, 0) is 4.79 Å². The van der Waals surface area contributed by atoms with Crippen LogP contribution in [0.15, 0.2) is 35.3 Å². The first-order valence-electron chi connectivity index (χ1n) is 5.24. The lowest BCUT2D eigenvalue weighted by molar-refractivity contribution is -0.120. The Morgan fingerprint density at radius 2 is 2.00 bits per heavy atom. The fraction of sp³-hybridized carbons (Fsp3) is 0.333. The average Bonchev–Trinajstić information content (AvgIpc) is 2.26. The summed E-state index contributed by atoms with van der Waals surface area (Å²) in [7, 11) is 0. The first-order valence-corrected chi connectivity index (χ1v) is 5.24. The monoisotopic (exact) mass is 219 g/mol. The number of nitrogens with zero attached hydrogens (tertiary/aromatic N) is 1. The van der Waals surface area contributed by atoms with Crippen LogP contribution < -0.4 is 11.1 Å². The Morgan fingerprint density at radius 1 is 1.38 bits per heavy atom. The highest BCUT2D eigenvalue weighted by Crippen LogP contribution is 1.97. The van der Waals surface area contributed by atoms with E-state index in [0.29, 0.717) is 5.84 Å². The number of carbonyl (C=O) groups is 1. The molecule has 0 heterocycles. The molecule has 0 aliphatic carbocycles. The Hall–Kier alpha value is -1.84. The number of hydrogen-bond donors (Lipinski definition) is 2. The van der Waals surface area contributed by atoms with E-state index < -0.39 is 0 Å². The Morgan fingerprint density at radius 3 is 2.56 bits per heavy atom. The predicted octanol–water partition coefficient (Wildman–Crippen LogP) is 0.916. The molecule has 86 valence electrons. The predicted molar refractivity (Wildman–Crippen MR) is 65.3 cm³/mol. The second-order valence-electron chi connectivity index (χ2n) is 3.79. The fourth-order valence-corrected chi connectivity index (χ4v) is 1.22. The third kappa shape index (κ3) is 4.13. The van der Waals surface area contributed by atoms with Gasteiger partial charge in [0.05, 0.1) is 0 Å². The van der Waals surface area contributed by atoms with E-state index in [2.05, 4.69) is 10.3 Å². The fourth-order valence-electron chi connectivity index (χ4n) is 1.22. The van der Waals surface area contributed by atoms with Crippen LogP contribution in [0, 0.1) is 0 Å². The summed E-state index contributed by atoms with van der Waals surface area (Å²) in [5.41, 5.74) is 6.58. The SMILES string of the molecule is CC(C)NC(=O)CN=C(N)c1ccccc1. The second-order valence-corrected chi connectivity index (χ2v) is 3.79. The van der Waals surface area contributed by atoms with Crippen molar-refractivity contribution in [2.75, 3.05) is 6.54 Å². The van der Waals surface area contributed by atoms with Crippen molar-refractivity contribution in [1.29, 1.82) is 0 Å². The van der Waals surface area contributed by atoms with E-state index in [9.17, 15) is 4.79 Å². The van der Waals surface area contributed by atoms with Gasteiger partial charge in [-0.05, 0) is 13.8 Å². The van der Waals surface area contributed by atoms with Gasteiger partial charge in [0.15, 0.2) is 0 Å². The molecule has 4 heteroatoms. The van der Waals surface area contributed by atoms with Crippen LogP contribution in [0.1, 0.15) is 19.4 Å². The number of rotatable bonds is 4. The highest BCUT2D eigenvalue weighted by Gasteiger charge is 2.02. The molecule has 1 aromatic carbocycles. The summed E-state index contributed by atoms with van der Waals surface area (Å²) in [4.78, 5) is 15.3. The van der Waals surface area contributed by atoms with Crippen molar-refractivity contribution in [3.8, 4) is 0 Å². The molecule has 0 saturated heterocycles. The molecule has 3 N–H and O–H groups in total. The molecular formula is C12H17N3O. The largest absolute Gasteiger partial charge is 0.383 e. The maximum atomic E-state index is 11.3. The van der Waals surface area contributed by atoms with Crippen molar-refractivity contribution >= 4 is 11.7 Å². The molecule has 0 saturated carbocycles. The highest BCUT2D eigenvalue weighted by molar-refractivity contribution is 5.98. The topological polar surface area (TPSA) is 67.5 Å². The first kappa shape index (κ1) is 12.2. The van der Waals surface area contributed by atoms with Gasteiger partial charge in [-0.15, -0.1) is 0 Å². The molecular weight excluding hydrogens is 202 g/mol. The zero-order valence-electron chi connectivity index (χ0n) is 9.60. The summed E-state index contributed by atoms with van der Waals surface area (Å²) < 4.78 is 0. The molecule has 1 amide bonds. The summed E-state index contributed by atoms with van der Waals surface area (Å²) in [6.45, 7) is 3.88. The van der Waals surface area contributed by atoms with Crippen molar-refractivity contribution in [3.63, 3.8) is 0 Å². The summed E-state index contributed by atoms with van der Waals surface area (Å²) in [5, 5.41) is 2.75. The smallest absolute Gasteiger partial charge is 0.241 e. The number of hydrogen-bond acceptors (Lipinski definition) is 2. The minimum absolute atomic E-state index is 0.0684. The van der Waals surface area contributed by atoms with Crippen molar-refractivity contribution in [2.45, 2.75) is 19.9 Å². The average molecular weight is 219 g/mol. The van der Waals surface area contributed by atoms with E-state index >= 15 is 0 Å². The van der Waals surface area contributed by atoms with E-state index in [1.165, 1.54) is 0 Å². The molecule has 0 spiro atoms. The number of nitrogens with one attached hydrogen (secondary N) is 1. The van der Waals surface area contributed by atoms with Crippen molar-refractivity contribution < 1.29 is 4.79 Å². The second kappa shape index (κ2) is 5.90. The van der Waals surface area contributed by atoms with Crippen molar-refractivity contribution in [3.05, 3.63) is 35.9 Å². The summed E-state index contributed by atoms with van der Waals surface area (Å²) >= 11 is 0. The van der Waals surface area contributed by atoms with Crippen LogP contribution in [0.5, 0.6) is 0 Å². The minimum atomic E-state index is -0.117. The van der Waals surface area contributed by atoms with Gasteiger partial charge in [0.1, 0.15) is 12.4 Å². The molecule has 4 nitrogen and oxygen atoms in total. The molecule has 1 aromatic rings. The normalized spacial score (nSPS) is 11.6. The Balaban J connectivity index is 2.55. The Bertz CT molecular complexity index is 371. The van der Waals surface area contributed by atoms with Crippen molar-refractivity contribution in [2.24, 2.45) is 10.7 Å². The molecule has 0 radical (unpaired) electrons. The van der Waals surface area contributed by atoms with Gasteiger partial charge in [-0.2, -0.15) is 0 Å². The van der Waals surface area contributed by atoms with Crippen LogP contribution in [-0.4, -0.2) is 24.3 Å². The van der Waals surface area contributed by atoms with E-state index in [0.717, 1.165) is 5.56 Å². The van der Waals surface area contributed by atoms with Gasteiger partial charge >= 0.3 is 0 Å². The summed E-state index contributed by atoms with van der Waals surface area (Å²) in [6.07, 6.45) is 0.